The molecule has 0 aliphatic carbocycles. The number of amides is 2. The average molecular weight is 580 g/mol. The molecule has 3 rings (SSSR count). The van der Waals surface area contributed by atoms with Crippen LogP contribution in [0.3, 0.4) is 0 Å². The zero-order chi connectivity index (χ0) is 29.8. The van der Waals surface area contributed by atoms with Crippen LogP contribution in [0.5, 0.6) is 5.75 Å². The van der Waals surface area contributed by atoms with Crippen LogP contribution in [0.2, 0.25) is 0 Å². The number of anilines is 1. The lowest BCUT2D eigenvalue weighted by Crippen LogP contribution is -2.52. The van der Waals surface area contributed by atoms with Gasteiger partial charge in [-0.2, -0.15) is 0 Å². The van der Waals surface area contributed by atoms with Crippen molar-refractivity contribution >= 4 is 27.5 Å². The Morgan fingerprint density at radius 1 is 0.902 bits per heavy atom. The zero-order valence-corrected chi connectivity index (χ0v) is 25.2. The molecule has 0 saturated heterocycles. The summed E-state index contributed by atoms with van der Waals surface area (Å²) in [5.41, 5.74) is 2.19. The van der Waals surface area contributed by atoms with Gasteiger partial charge in [-0.25, -0.2) is 8.42 Å². The number of ether oxygens (including phenoxy) is 1. The Balaban J connectivity index is 2.03. The van der Waals surface area contributed by atoms with E-state index in [0.717, 1.165) is 28.3 Å². The second-order valence-corrected chi connectivity index (χ2v) is 11.6. The summed E-state index contributed by atoms with van der Waals surface area (Å²) in [4.78, 5) is 29.0. The first-order chi connectivity index (χ1) is 19.7. The molecule has 9 heteroatoms. The fourth-order valence-corrected chi connectivity index (χ4v) is 5.96. The predicted molar refractivity (Wildman–Crippen MR) is 162 cm³/mol. The number of carbonyl (C=O) groups is 2. The summed E-state index contributed by atoms with van der Waals surface area (Å²) in [6.07, 6.45) is 2.14. The first-order valence-electron chi connectivity index (χ1n) is 14.1. The summed E-state index contributed by atoms with van der Waals surface area (Å²) in [5, 5.41) is 2.95. The molecule has 1 atom stereocenters. The molecule has 220 valence electrons. The number of unbranched alkanes of at least 4 members (excludes halogenated alkanes) is 1. The molecule has 0 saturated carbocycles. The molecule has 3 aromatic carbocycles. The van der Waals surface area contributed by atoms with Crippen molar-refractivity contribution in [2.75, 3.05) is 24.0 Å². The maximum Gasteiger partial charge on any atom is 0.264 e. The maximum absolute atomic E-state index is 14.1. The number of sulfonamides is 1. The van der Waals surface area contributed by atoms with Gasteiger partial charge in [0, 0.05) is 13.1 Å². The van der Waals surface area contributed by atoms with Gasteiger partial charge in [-0.05, 0) is 74.2 Å². The Bertz CT molecular complexity index is 1380. The van der Waals surface area contributed by atoms with Crippen LogP contribution in [-0.4, -0.2) is 50.9 Å². The van der Waals surface area contributed by atoms with Crippen molar-refractivity contribution in [2.45, 2.75) is 64.4 Å². The standard InChI is InChI=1S/C32H41N3O5S/c1-5-8-22-33-32(37)30(6-2)34(23-26-15-13-12-14-25(26)4)31(36)24-35(27-18-20-28(21-19-27)40-7-3)41(38,39)29-16-10-9-11-17-29/h9-21,30H,5-8,22-24H2,1-4H3,(H,33,37). The highest BCUT2D eigenvalue weighted by molar-refractivity contribution is 7.92. The third kappa shape index (κ3) is 8.33. The predicted octanol–water partition coefficient (Wildman–Crippen LogP) is 5.31. The largest absolute Gasteiger partial charge is 0.494 e. The summed E-state index contributed by atoms with van der Waals surface area (Å²) < 4.78 is 34.4. The van der Waals surface area contributed by atoms with Crippen molar-refractivity contribution in [3.05, 3.63) is 90.0 Å². The molecule has 3 aromatic rings. The fourth-order valence-electron chi connectivity index (χ4n) is 4.52. The van der Waals surface area contributed by atoms with Crippen LogP contribution in [0.1, 0.15) is 51.2 Å². The summed E-state index contributed by atoms with van der Waals surface area (Å²) in [6, 6.07) is 21.5. The van der Waals surface area contributed by atoms with Gasteiger partial charge in [0.15, 0.2) is 0 Å². The summed E-state index contributed by atoms with van der Waals surface area (Å²) in [7, 11) is -4.11. The molecule has 2 amide bonds. The minimum atomic E-state index is -4.11. The molecule has 1 N–H and O–H groups in total. The quantitative estimate of drug-likeness (QED) is 0.246. The van der Waals surface area contributed by atoms with E-state index < -0.39 is 28.5 Å². The minimum absolute atomic E-state index is 0.0662. The molecular weight excluding hydrogens is 538 g/mol. The van der Waals surface area contributed by atoms with Crippen LogP contribution >= 0.6 is 0 Å². The third-order valence-corrected chi connectivity index (χ3v) is 8.65. The second-order valence-electron chi connectivity index (χ2n) is 9.77. The van der Waals surface area contributed by atoms with E-state index in [1.54, 1.807) is 42.5 Å². The summed E-state index contributed by atoms with van der Waals surface area (Å²) in [6.45, 7) is 8.39. The Labute approximate surface area is 244 Å². The minimum Gasteiger partial charge on any atom is -0.494 e. The Hall–Kier alpha value is -3.85. The van der Waals surface area contributed by atoms with Gasteiger partial charge in [0.1, 0.15) is 18.3 Å². The van der Waals surface area contributed by atoms with E-state index >= 15 is 0 Å². The van der Waals surface area contributed by atoms with Crippen molar-refractivity contribution < 1.29 is 22.7 Å². The molecule has 0 aromatic heterocycles. The summed E-state index contributed by atoms with van der Waals surface area (Å²) >= 11 is 0. The fraction of sp³-hybridized carbons (Fsp3) is 0.375. The molecular formula is C32H41N3O5S. The van der Waals surface area contributed by atoms with Crippen LogP contribution in [-0.2, 0) is 26.2 Å². The van der Waals surface area contributed by atoms with Gasteiger partial charge in [-0.3, -0.25) is 13.9 Å². The number of hydrogen-bond donors (Lipinski definition) is 1. The van der Waals surface area contributed by atoms with Crippen molar-refractivity contribution in [3.63, 3.8) is 0 Å². The van der Waals surface area contributed by atoms with Gasteiger partial charge < -0.3 is 15.0 Å². The van der Waals surface area contributed by atoms with E-state index in [1.807, 2.05) is 52.0 Å². The van der Waals surface area contributed by atoms with E-state index in [4.69, 9.17) is 4.74 Å². The molecule has 0 radical (unpaired) electrons. The average Bonchev–Trinajstić information content (AvgIpc) is 2.98. The number of aryl methyl sites for hydroxylation is 1. The van der Waals surface area contributed by atoms with Crippen LogP contribution in [0.15, 0.2) is 83.8 Å². The molecule has 0 aliphatic heterocycles. The highest BCUT2D eigenvalue weighted by atomic mass is 32.2. The lowest BCUT2D eigenvalue weighted by atomic mass is 10.1. The van der Waals surface area contributed by atoms with Crippen molar-refractivity contribution in [2.24, 2.45) is 0 Å². The van der Waals surface area contributed by atoms with Gasteiger partial charge in [-0.1, -0.05) is 62.7 Å². The molecule has 0 heterocycles. The van der Waals surface area contributed by atoms with Crippen LogP contribution in [0, 0.1) is 6.92 Å². The number of carbonyl (C=O) groups excluding carboxylic acids is 2. The highest BCUT2D eigenvalue weighted by Crippen LogP contribution is 2.27. The zero-order valence-electron chi connectivity index (χ0n) is 24.4. The smallest absolute Gasteiger partial charge is 0.264 e. The lowest BCUT2D eigenvalue weighted by molar-refractivity contribution is -0.140. The molecule has 0 aliphatic rings. The topological polar surface area (TPSA) is 96.0 Å². The van der Waals surface area contributed by atoms with Gasteiger partial charge >= 0.3 is 0 Å². The first kappa shape index (κ1) is 31.7. The molecule has 8 nitrogen and oxygen atoms in total. The van der Waals surface area contributed by atoms with Gasteiger partial charge in [0.05, 0.1) is 17.2 Å². The van der Waals surface area contributed by atoms with E-state index in [1.165, 1.54) is 17.0 Å². The molecule has 1 unspecified atom stereocenters. The molecule has 0 fully saturated rings. The van der Waals surface area contributed by atoms with E-state index in [2.05, 4.69) is 5.32 Å². The molecule has 41 heavy (non-hydrogen) atoms. The monoisotopic (exact) mass is 579 g/mol. The number of rotatable bonds is 15. The second kappa shape index (κ2) is 15.2. The Morgan fingerprint density at radius 3 is 2.17 bits per heavy atom. The van der Waals surface area contributed by atoms with E-state index in [0.29, 0.717) is 31.0 Å². The van der Waals surface area contributed by atoms with Crippen LogP contribution < -0.4 is 14.4 Å². The maximum atomic E-state index is 14.1. The first-order valence-corrected chi connectivity index (χ1v) is 15.6. The third-order valence-electron chi connectivity index (χ3n) is 6.86. The number of hydrogen-bond acceptors (Lipinski definition) is 5. The van der Waals surface area contributed by atoms with Gasteiger partial charge in [0.2, 0.25) is 11.8 Å². The van der Waals surface area contributed by atoms with Crippen molar-refractivity contribution in [3.8, 4) is 5.75 Å². The summed E-state index contributed by atoms with van der Waals surface area (Å²) in [5.74, 6) is -0.129. The molecule has 0 bridgehead atoms. The lowest BCUT2D eigenvalue weighted by Gasteiger charge is -2.33. The van der Waals surface area contributed by atoms with Crippen LogP contribution in [0.25, 0.3) is 0 Å². The normalized spacial score (nSPS) is 11.9. The molecule has 0 spiro atoms. The Morgan fingerprint density at radius 2 is 1.56 bits per heavy atom. The van der Waals surface area contributed by atoms with Crippen LogP contribution in [0.4, 0.5) is 5.69 Å². The highest BCUT2D eigenvalue weighted by Gasteiger charge is 2.33. The Kier molecular flexibility index (Phi) is 11.8. The number of nitrogens with zero attached hydrogens (tertiary/aromatic N) is 2. The SMILES string of the molecule is CCCCNC(=O)C(CC)N(Cc1ccccc1C)C(=O)CN(c1ccc(OCC)cc1)S(=O)(=O)c1ccccc1. The number of benzene rings is 3. The van der Waals surface area contributed by atoms with Crippen molar-refractivity contribution in [1.29, 1.82) is 0 Å². The van der Waals surface area contributed by atoms with Gasteiger partial charge in [-0.15, -0.1) is 0 Å². The van der Waals surface area contributed by atoms with E-state index in [9.17, 15) is 18.0 Å². The van der Waals surface area contributed by atoms with E-state index in [-0.39, 0.29) is 17.3 Å². The van der Waals surface area contributed by atoms with Gasteiger partial charge in [0.25, 0.3) is 10.0 Å². The van der Waals surface area contributed by atoms with Crippen molar-refractivity contribution in [1.82, 2.24) is 10.2 Å². The number of nitrogens with one attached hydrogen (secondary N) is 1.